The molecule has 4 rings (SSSR count). The molecule has 11 nitrogen and oxygen atoms in total. The van der Waals surface area contributed by atoms with Crippen molar-refractivity contribution in [2.45, 2.75) is 55.9 Å². The van der Waals surface area contributed by atoms with Gasteiger partial charge in [-0.1, -0.05) is 0 Å². The maximum absolute atomic E-state index is 12.9. The maximum Gasteiger partial charge on any atom is 0.339 e. The van der Waals surface area contributed by atoms with Crippen LogP contribution in [-0.4, -0.2) is 98.8 Å². The highest BCUT2D eigenvalue weighted by Gasteiger charge is 2.53. The van der Waals surface area contributed by atoms with E-state index < -0.39 is 54.6 Å². The Morgan fingerprint density at radius 1 is 1.13 bits per heavy atom. The smallest absolute Gasteiger partial charge is 0.339 e. The van der Waals surface area contributed by atoms with Crippen LogP contribution in [0.2, 0.25) is 0 Å². The number of esters is 1. The zero-order chi connectivity index (χ0) is 22.4. The molecule has 6 N–H and O–H groups in total. The number of carbonyl (C=O) groups is 1. The molecule has 3 aliphatic heterocycles. The molecule has 3 aliphatic rings. The second kappa shape index (κ2) is 8.41. The van der Waals surface area contributed by atoms with Crippen molar-refractivity contribution in [1.29, 1.82) is 0 Å². The van der Waals surface area contributed by atoms with E-state index in [2.05, 4.69) is 0 Å². The van der Waals surface area contributed by atoms with Gasteiger partial charge in [-0.25, -0.2) is 4.79 Å². The molecule has 6 atom stereocenters. The monoisotopic (exact) mass is 441 g/mol. The molecule has 2 fully saturated rings. The van der Waals surface area contributed by atoms with Gasteiger partial charge < -0.3 is 44.8 Å². The summed E-state index contributed by atoms with van der Waals surface area (Å²) in [6.07, 6.45) is -5.18. The van der Waals surface area contributed by atoms with Crippen molar-refractivity contribution in [2.75, 3.05) is 26.9 Å². The first kappa shape index (κ1) is 22.1. The van der Waals surface area contributed by atoms with Gasteiger partial charge in [0.15, 0.2) is 17.6 Å². The van der Waals surface area contributed by atoms with Crippen LogP contribution in [0.5, 0.6) is 17.2 Å². The average molecular weight is 441 g/mol. The SMILES string of the molecule is COc1c(O)c(CN2CCCC2CO)c2c(c1O)C1OC(CO)C(O)C(O)C1OC2=O. The van der Waals surface area contributed by atoms with E-state index >= 15 is 0 Å². The minimum absolute atomic E-state index is 0.0463. The summed E-state index contributed by atoms with van der Waals surface area (Å²) in [6, 6.07) is -0.149. The maximum atomic E-state index is 12.9. The summed E-state index contributed by atoms with van der Waals surface area (Å²) < 4.78 is 16.2. The second-order valence-corrected chi connectivity index (χ2v) is 8.08. The number of aliphatic hydroxyl groups is 4. The molecule has 2 saturated heterocycles. The lowest BCUT2D eigenvalue weighted by molar-refractivity contribution is -0.235. The summed E-state index contributed by atoms with van der Waals surface area (Å²) in [5, 5.41) is 61.4. The largest absolute Gasteiger partial charge is 0.504 e. The molecule has 0 amide bonds. The van der Waals surface area contributed by atoms with Crippen LogP contribution in [0, 0.1) is 0 Å². The van der Waals surface area contributed by atoms with E-state index in [1.165, 1.54) is 7.11 Å². The number of phenols is 2. The Bertz CT molecular complexity index is 861. The number of rotatable bonds is 5. The molecule has 0 aliphatic carbocycles. The summed E-state index contributed by atoms with van der Waals surface area (Å²) in [5.41, 5.74) is -0.0332. The van der Waals surface area contributed by atoms with Crippen LogP contribution in [0.4, 0.5) is 0 Å². The Kier molecular flexibility index (Phi) is 5.99. The number of phenolic OH excluding ortho intramolecular Hbond substituents is 2. The fraction of sp³-hybridized carbons (Fsp3) is 0.650. The minimum Gasteiger partial charge on any atom is -0.504 e. The van der Waals surface area contributed by atoms with Gasteiger partial charge in [0.25, 0.3) is 0 Å². The van der Waals surface area contributed by atoms with Gasteiger partial charge >= 0.3 is 5.97 Å². The number of methoxy groups -OCH3 is 1. The van der Waals surface area contributed by atoms with E-state index in [9.17, 15) is 35.4 Å². The van der Waals surface area contributed by atoms with Gasteiger partial charge in [-0.2, -0.15) is 0 Å². The van der Waals surface area contributed by atoms with E-state index in [1.54, 1.807) is 0 Å². The van der Waals surface area contributed by atoms with Crippen LogP contribution in [0.1, 0.15) is 40.4 Å². The number of fused-ring (bicyclic) bond motifs is 3. The third-order valence-corrected chi connectivity index (χ3v) is 6.42. The zero-order valence-corrected chi connectivity index (χ0v) is 17.0. The third-order valence-electron chi connectivity index (χ3n) is 6.42. The van der Waals surface area contributed by atoms with Crippen molar-refractivity contribution in [3.05, 3.63) is 16.7 Å². The molecule has 0 spiro atoms. The quantitative estimate of drug-likeness (QED) is 0.302. The number of aliphatic hydroxyl groups excluding tert-OH is 4. The number of carbonyl (C=O) groups excluding carboxylic acids is 1. The predicted octanol–water partition coefficient (Wildman–Crippen LogP) is -1.24. The molecule has 0 saturated carbocycles. The van der Waals surface area contributed by atoms with Crippen molar-refractivity contribution in [1.82, 2.24) is 4.90 Å². The molecular weight excluding hydrogens is 414 g/mol. The Morgan fingerprint density at radius 2 is 1.87 bits per heavy atom. The Hall–Kier alpha value is -2.15. The molecule has 1 aromatic carbocycles. The lowest BCUT2D eigenvalue weighted by atomic mass is 9.84. The number of aromatic hydroxyl groups is 2. The van der Waals surface area contributed by atoms with Gasteiger partial charge in [0.05, 0.1) is 25.9 Å². The molecule has 1 aromatic rings. The Morgan fingerprint density at radius 3 is 2.52 bits per heavy atom. The normalized spacial score (nSPS) is 33.0. The van der Waals surface area contributed by atoms with Gasteiger partial charge in [-0.05, 0) is 19.4 Å². The number of hydrogen-bond donors (Lipinski definition) is 6. The average Bonchev–Trinajstić information content (AvgIpc) is 3.21. The van der Waals surface area contributed by atoms with Gasteiger partial charge in [-0.3, -0.25) is 4.90 Å². The molecule has 0 radical (unpaired) electrons. The molecule has 3 heterocycles. The van der Waals surface area contributed by atoms with Crippen molar-refractivity contribution in [2.24, 2.45) is 0 Å². The van der Waals surface area contributed by atoms with Crippen LogP contribution < -0.4 is 4.74 Å². The summed E-state index contributed by atoms with van der Waals surface area (Å²) >= 11 is 0. The molecule has 0 bridgehead atoms. The second-order valence-electron chi connectivity index (χ2n) is 8.08. The van der Waals surface area contributed by atoms with Crippen LogP contribution in [-0.2, 0) is 16.0 Å². The summed E-state index contributed by atoms with van der Waals surface area (Å²) in [4.78, 5) is 14.8. The Labute approximate surface area is 178 Å². The van der Waals surface area contributed by atoms with Gasteiger partial charge in [-0.15, -0.1) is 0 Å². The topological polar surface area (TPSA) is 169 Å². The lowest BCUT2D eigenvalue weighted by Gasteiger charge is -2.45. The lowest BCUT2D eigenvalue weighted by Crippen LogP contribution is -2.58. The first-order valence-corrected chi connectivity index (χ1v) is 10.2. The van der Waals surface area contributed by atoms with E-state index in [0.29, 0.717) is 6.54 Å². The first-order chi connectivity index (χ1) is 14.8. The standard InChI is InChI=1S/C20H27NO10/c1-29-18-13(24)9(5-21-4-2-3-8(21)6-22)11-12(15(18)26)17-19(31-20(11)28)16(27)14(25)10(7-23)30-17/h8,10,14,16-17,19,22-27H,2-7H2,1H3. The highest BCUT2D eigenvalue weighted by Crippen LogP contribution is 2.52. The van der Waals surface area contributed by atoms with E-state index in [-0.39, 0.29) is 41.6 Å². The van der Waals surface area contributed by atoms with E-state index in [4.69, 9.17) is 14.2 Å². The number of hydrogen-bond acceptors (Lipinski definition) is 11. The van der Waals surface area contributed by atoms with Crippen LogP contribution >= 0.6 is 0 Å². The molecule has 0 aromatic heterocycles. The number of nitrogens with zero attached hydrogens (tertiary/aromatic N) is 1. The highest BCUT2D eigenvalue weighted by atomic mass is 16.6. The number of benzene rings is 1. The van der Waals surface area contributed by atoms with Crippen molar-refractivity contribution < 1.29 is 49.6 Å². The number of likely N-dealkylation sites (tertiary alicyclic amines) is 1. The fourth-order valence-electron chi connectivity index (χ4n) is 4.78. The van der Waals surface area contributed by atoms with Crippen LogP contribution in [0.15, 0.2) is 0 Å². The molecule has 172 valence electrons. The van der Waals surface area contributed by atoms with Crippen LogP contribution in [0.3, 0.4) is 0 Å². The summed E-state index contributed by atoms with van der Waals surface area (Å²) in [6.45, 7) is 0.0209. The van der Waals surface area contributed by atoms with Crippen molar-refractivity contribution in [3.63, 3.8) is 0 Å². The van der Waals surface area contributed by atoms with Gasteiger partial charge in [0, 0.05) is 23.7 Å². The van der Waals surface area contributed by atoms with Crippen molar-refractivity contribution >= 4 is 5.97 Å². The Balaban J connectivity index is 1.86. The van der Waals surface area contributed by atoms with Crippen molar-refractivity contribution in [3.8, 4) is 17.2 Å². The van der Waals surface area contributed by atoms with Gasteiger partial charge in [0.2, 0.25) is 5.75 Å². The summed E-state index contributed by atoms with van der Waals surface area (Å²) in [7, 11) is 1.24. The highest BCUT2D eigenvalue weighted by molar-refractivity contribution is 5.97. The van der Waals surface area contributed by atoms with Gasteiger partial charge in [0.1, 0.15) is 24.4 Å². The molecular formula is C20H27NO10. The number of ether oxygens (including phenoxy) is 3. The summed E-state index contributed by atoms with van der Waals surface area (Å²) in [5.74, 6) is -2.16. The minimum atomic E-state index is -1.56. The first-order valence-electron chi connectivity index (χ1n) is 10.2. The van der Waals surface area contributed by atoms with E-state index in [0.717, 1.165) is 12.8 Å². The molecule has 11 heteroatoms. The third kappa shape index (κ3) is 3.41. The fourth-order valence-corrected chi connectivity index (χ4v) is 4.78. The van der Waals surface area contributed by atoms with E-state index in [1.807, 2.05) is 4.90 Å². The molecule has 31 heavy (non-hydrogen) atoms. The van der Waals surface area contributed by atoms with Crippen LogP contribution in [0.25, 0.3) is 0 Å². The zero-order valence-electron chi connectivity index (χ0n) is 17.0. The predicted molar refractivity (Wildman–Crippen MR) is 103 cm³/mol. The molecule has 6 unspecified atom stereocenters.